The first kappa shape index (κ1) is 16.8. The lowest BCUT2D eigenvalue weighted by Gasteiger charge is -2.23. The normalized spacial score (nSPS) is 18.2. The zero-order valence-corrected chi connectivity index (χ0v) is 14.5. The summed E-state index contributed by atoms with van der Waals surface area (Å²) in [7, 11) is 0. The summed E-state index contributed by atoms with van der Waals surface area (Å²) in [5, 5.41) is 3.38. The lowest BCUT2D eigenvalue weighted by molar-refractivity contribution is -0.118. The molecule has 0 unspecified atom stereocenters. The molecule has 0 bridgehead atoms. The standard InChI is InChI=1S/C16H21BrN2O.ClH/c17-14-2-3-15-13(11-14)7-10-19(15)16(20)4-1-12-5-8-18-9-6-12;/h2-3,11-12,18H,1,4-10H2;1H. The molecule has 3 rings (SSSR count). The lowest BCUT2D eigenvalue weighted by atomic mass is 9.93. The predicted molar refractivity (Wildman–Crippen MR) is 92.3 cm³/mol. The van der Waals surface area contributed by atoms with Gasteiger partial charge >= 0.3 is 0 Å². The molecular weight excluding hydrogens is 352 g/mol. The molecule has 1 amide bonds. The molecule has 3 nitrogen and oxygen atoms in total. The number of anilines is 1. The van der Waals surface area contributed by atoms with Gasteiger partial charge in [0.25, 0.3) is 0 Å². The van der Waals surface area contributed by atoms with Crippen molar-refractivity contribution in [3.8, 4) is 0 Å². The molecule has 5 heteroatoms. The second kappa shape index (κ2) is 7.61. The van der Waals surface area contributed by atoms with Gasteiger partial charge in [0.2, 0.25) is 5.91 Å². The molecule has 2 aliphatic heterocycles. The van der Waals surface area contributed by atoms with Crippen molar-refractivity contribution in [3.63, 3.8) is 0 Å². The van der Waals surface area contributed by atoms with Gasteiger partial charge in [0.05, 0.1) is 0 Å². The summed E-state index contributed by atoms with van der Waals surface area (Å²) >= 11 is 3.50. The van der Waals surface area contributed by atoms with Gasteiger partial charge in [0.15, 0.2) is 0 Å². The van der Waals surface area contributed by atoms with E-state index in [0.717, 1.165) is 48.6 Å². The summed E-state index contributed by atoms with van der Waals surface area (Å²) < 4.78 is 1.10. The Balaban J connectivity index is 0.00000161. The minimum absolute atomic E-state index is 0. The number of hydrogen-bond donors (Lipinski definition) is 1. The summed E-state index contributed by atoms with van der Waals surface area (Å²) in [6, 6.07) is 6.22. The van der Waals surface area contributed by atoms with Crippen molar-refractivity contribution >= 4 is 39.9 Å². The van der Waals surface area contributed by atoms with Crippen LogP contribution in [0.3, 0.4) is 0 Å². The second-order valence-electron chi connectivity index (χ2n) is 5.80. The predicted octanol–water partition coefficient (Wildman–Crippen LogP) is 3.54. The lowest BCUT2D eigenvalue weighted by Crippen LogP contribution is -2.31. The highest BCUT2D eigenvalue weighted by Crippen LogP contribution is 2.31. The van der Waals surface area contributed by atoms with Gasteiger partial charge < -0.3 is 10.2 Å². The van der Waals surface area contributed by atoms with E-state index in [0.29, 0.717) is 12.3 Å². The average Bonchev–Trinajstić information content (AvgIpc) is 2.89. The number of nitrogens with one attached hydrogen (secondary N) is 1. The molecule has 1 saturated heterocycles. The Morgan fingerprint density at radius 1 is 1.33 bits per heavy atom. The molecule has 0 atom stereocenters. The highest BCUT2D eigenvalue weighted by molar-refractivity contribution is 9.10. The molecule has 2 heterocycles. The minimum atomic E-state index is 0. The molecule has 0 spiro atoms. The van der Waals surface area contributed by atoms with Gasteiger partial charge in [-0.2, -0.15) is 0 Å². The Labute approximate surface area is 141 Å². The third-order valence-electron chi connectivity index (χ3n) is 4.46. The van der Waals surface area contributed by atoms with Crippen LogP contribution < -0.4 is 10.2 Å². The molecule has 1 N–H and O–H groups in total. The first-order chi connectivity index (χ1) is 9.74. The van der Waals surface area contributed by atoms with Gasteiger partial charge in [-0.15, -0.1) is 12.4 Å². The largest absolute Gasteiger partial charge is 0.317 e. The van der Waals surface area contributed by atoms with Gasteiger partial charge in [-0.25, -0.2) is 0 Å². The van der Waals surface area contributed by atoms with E-state index >= 15 is 0 Å². The zero-order chi connectivity index (χ0) is 13.9. The van der Waals surface area contributed by atoms with E-state index in [4.69, 9.17) is 0 Å². The number of hydrogen-bond acceptors (Lipinski definition) is 2. The third-order valence-corrected chi connectivity index (χ3v) is 4.96. The number of halogens is 2. The van der Waals surface area contributed by atoms with Gasteiger partial charge in [-0.05, 0) is 68.5 Å². The maximum absolute atomic E-state index is 12.4. The monoisotopic (exact) mass is 372 g/mol. The van der Waals surface area contributed by atoms with E-state index in [-0.39, 0.29) is 12.4 Å². The van der Waals surface area contributed by atoms with E-state index in [1.807, 2.05) is 11.0 Å². The summed E-state index contributed by atoms with van der Waals surface area (Å²) in [6.07, 6.45) is 5.16. The maximum atomic E-state index is 12.4. The van der Waals surface area contributed by atoms with Gasteiger partial charge in [0.1, 0.15) is 0 Å². The van der Waals surface area contributed by atoms with Gasteiger partial charge in [0, 0.05) is 23.1 Å². The quantitative estimate of drug-likeness (QED) is 0.879. The van der Waals surface area contributed by atoms with Crippen LogP contribution in [0.15, 0.2) is 22.7 Å². The molecule has 2 aliphatic rings. The number of fused-ring (bicyclic) bond motifs is 1. The summed E-state index contributed by atoms with van der Waals surface area (Å²) in [6.45, 7) is 3.07. The van der Waals surface area contributed by atoms with Gasteiger partial charge in [-0.3, -0.25) is 4.79 Å². The van der Waals surface area contributed by atoms with Crippen molar-refractivity contribution < 1.29 is 4.79 Å². The van der Waals surface area contributed by atoms with Crippen molar-refractivity contribution in [2.75, 3.05) is 24.5 Å². The number of benzene rings is 1. The molecule has 116 valence electrons. The van der Waals surface area contributed by atoms with Crippen LogP contribution in [0.25, 0.3) is 0 Å². The molecule has 21 heavy (non-hydrogen) atoms. The summed E-state index contributed by atoms with van der Waals surface area (Å²) in [4.78, 5) is 14.4. The Morgan fingerprint density at radius 3 is 2.86 bits per heavy atom. The highest BCUT2D eigenvalue weighted by atomic mass is 79.9. The van der Waals surface area contributed by atoms with E-state index in [9.17, 15) is 4.79 Å². The molecule has 0 saturated carbocycles. The molecule has 0 aliphatic carbocycles. The van der Waals surface area contributed by atoms with Crippen molar-refractivity contribution in [2.45, 2.75) is 32.1 Å². The fourth-order valence-electron chi connectivity index (χ4n) is 3.26. The van der Waals surface area contributed by atoms with E-state index in [2.05, 4.69) is 33.4 Å². The summed E-state index contributed by atoms with van der Waals surface area (Å²) in [5.41, 5.74) is 2.40. The number of piperidine rings is 1. The Kier molecular flexibility index (Phi) is 6.08. The number of nitrogens with zero attached hydrogens (tertiary/aromatic N) is 1. The van der Waals surface area contributed by atoms with Crippen LogP contribution in [0.4, 0.5) is 5.69 Å². The number of amides is 1. The van der Waals surface area contributed by atoms with Crippen LogP contribution in [0.2, 0.25) is 0 Å². The highest BCUT2D eigenvalue weighted by Gasteiger charge is 2.25. The van der Waals surface area contributed by atoms with Crippen LogP contribution >= 0.6 is 28.3 Å². The molecule has 1 aromatic rings. The molecule has 1 aromatic carbocycles. The van der Waals surface area contributed by atoms with Crippen LogP contribution in [-0.2, 0) is 11.2 Å². The first-order valence-electron chi connectivity index (χ1n) is 7.53. The van der Waals surface area contributed by atoms with Crippen molar-refractivity contribution in [3.05, 3.63) is 28.2 Å². The van der Waals surface area contributed by atoms with Crippen molar-refractivity contribution in [2.24, 2.45) is 5.92 Å². The maximum Gasteiger partial charge on any atom is 0.227 e. The zero-order valence-electron chi connectivity index (χ0n) is 12.1. The third kappa shape index (κ3) is 3.99. The topological polar surface area (TPSA) is 32.3 Å². The Morgan fingerprint density at radius 2 is 2.10 bits per heavy atom. The van der Waals surface area contributed by atoms with Crippen LogP contribution in [0, 0.1) is 5.92 Å². The van der Waals surface area contributed by atoms with E-state index < -0.39 is 0 Å². The van der Waals surface area contributed by atoms with Gasteiger partial charge in [-0.1, -0.05) is 15.9 Å². The molecule has 1 fully saturated rings. The number of carbonyl (C=O) groups is 1. The average molecular weight is 374 g/mol. The van der Waals surface area contributed by atoms with E-state index in [1.165, 1.54) is 18.4 Å². The van der Waals surface area contributed by atoms with Crippen LogP contribution in [0.1, 0.15) is 31.2 Å². The Bertz CT molecular complexity index is 503. The SMILES string of the molecule is Cl.O=C(CCC1CCNCC1)N1CCc2cc(Br)ccc21. The fraction of sp³-hybridized carbons (Fsp3) is 0.562. The number of carbonyl (C=O) groups excluding carboxylic acids is 1. The molecule has 0 aromatic heterocycles. The minimum Gasteiger partial charge on any atom is -0.317 e. The van der Waals surface area contributed by atoms with Crippen molar-refractivity contribution in [1.82, 2.24) is 5.32 Å². The molecular formula is C16H22BrClN2O. The Hall–Kier alpha value is -0.580. The van der Waals surface area contributed by atoms with Crippen LogP contribution in [-0.4, -0.2) is 25.5 Å². The molecule has 0 radical (unpaired) electrons. The fourth-order valence-corrected chi connectivity index (χ4v) is 3.67. The smallest absolute Gasteiger partial charge is 0.227 e. The van der Waals surface area contributed by atoms with Crippen LogP contribution in [0.5, 0.6) is 0 Å². The summed E-state index contributed by atoms with van der Waals surface area (Å²) in [5.74, 6) is 1.02. The van der Waals surface area contributed by atoms with E-state index in [1.54, 1.807) is 0 Å². The van der Waals surface area contributed by atoms with Crippen molar-refractivity contribution in [1.29, 1.82) is 0 Å². The second-order valence-corrected chi connectivity index (χ2v) is 6.72. The number of rotatable bonds is 3. The first-order valence-corrected chi connectivity index (χ1v) is 8.33.